The van der Waals surface area contributed by atoms with Crippen molar-refractivity contribution in [2.45, 2.75) is 32.1 Å². The van der Waals surface area contributed by atoms with Crippen LogP contribution in [0.4, 0.5) is 0 Å². The van der Waals surface area contributed by atoms with Crippen molar-refractivity contribution in [2.24, 2.45) is 11.7 Å². The molecule has 86 valence electrons. The molecular formula is C11H18ClNOS. The molecular weight excluding hydrogens is 230 g/mol. The molecule has 15 heavy (non-hydrogen) atoms. The molecule has 1 aromatic rings. The lowest BCUT2D eigenvalue weighted by Gasteiger charge is -2.12. The van der Waals surface area contributed by atoms with Gasteiger partial charge < -0.3 is 10.2 Å². The van der Waals surface area contributed by atoms with E-state index in [1.54, 1.807) is 17.8 Å². The van der Waals surface area contributed by atoms with Crippen LogP contribution in [0.2, 0.25) is 5.22 Å². The number of hydrogen-bond acceptors (Lipinski definition) is 3. The summed E-state index contributed by atoms with van der Waals surface area (Å²) in [5, 5.41) is 0.456. The summed E-state index contributed by atoms with van der Waals surface area (Å²) in [4.78, 5) is 0. The molecule has 0 amide bonds. The fourth-order valence-electron chi connectivity index (χ4n) is 1.41. The Hall–Kier alpha value is -0.120. The highest BCUT2D eigenvalue weighted by Gasteiger charge is 2.06. The van der Waals surface area contributed by atoms with Gasteiger partial charge in [-0.2, -0.15) is 11.8 Å². The highest BCUT2D eigenvalue weighted by molar-refractivity contribution is 7.98. The summed E-state index contributed by atoms with van der Waals surface area (Å²) >= 11 is 7.46. The highest BCUT2D eigenvalue weighted by atomic mass is 35.5. The number of furan rings is 1. The van der Waals surface area contributed by atoms with Crippen molar-refractivity contribution >= 4 is 23.4 Å². The number of thioether (sulfide) groups is 1. The molecule has 4 heteroatoms. The van der Waals surface area contributed by atoms with Gasteiger partial charge in [0, 0.05) is 11.8 Å². The fourth-order valence-corrected chi connectivity index (χ4v) is 2.49. The third-order valence-electron chi connectivity index (χ3n) is 1.98. The number of rotatable bonds is 6. The largest absolute Gasteiger partial charge is 0.449 e. The maximum atomic E-state index is 5.97. The summed E-state index contributed by atoms with van der Waals surface area (Å²) in [6.07, 6.45) is 1.08. The molecule has 1 aromatic heterocycles. The molecule has 0 radical (unpaired) electrons. The molecule has 0 aliphatic heterocycles. The summed E-state index contributed by atoms with van der Waals surface area (Å²) in [6, 6.07) is 3.95. The van der Waals surface area contributed by atoms with E-state index >= 15 is 0 Å². The van der Waals surface area contributed by atoms with E-state index in [1.165, 1.54) is 0 Å². The summed E-state index contributed by atoms with van der Waals surface area (Å²) in [5.41, 5.74) is 5.97. The monoisotopic (exact) mass is 247 g/mol. The minimum Gasteiger partial charge on any atom is -0.449 e. The zero-order valence-corrected chi connectivity index (χ0v) is 10.8. The smallest absolute Gasteiger partial charge is 0.193 e. The lowest BCUT2D eigenvalue weighted by atomic mass is 10.1. The average Bonchev–Trinajstić information content (AvgIpc) is 2.50. The second kappa shape index (κ2) is 6.46. The molecule has 2 nitrogen and oxygen atoms in total. The van der Waals surface area contributed by atoms with E-state index in [2.05, 4.69) is 13.8 Å². The Labute approximate surface area is 101 Å². The van der Waals surface area contributed by atoms with Crippen molar-refractivity contribution in [1.82, 2.24) is 0 Å². The Balaban J connectivity index is 2.16. The van der Waals surface area contributed by atoms with Gasteiger partial charge in [0.2, 0.25) is 0 Å². The van der Waals surface area contributed by atoms with Gasteiger partial charge in [0.15, 0.2) is 5.22 Å². The van der Waals surface area contributed by atoms with Gasteiger partial charge in [-0.05, 0) is 36.1 Å². The van der Waals surface area contributed by atoms with E-state index in [4.69, 9.17) is 21.8 Å². The SMILES string of the molecule is CC(C)C[C@H](N)CSCc1ccc(Cl)o1. The molecule has 0 aromatic carbocycles. The Morgan fingerprint density at radius 2 is 2.20 bits per heavy atom. The Morgan fingerprint density at radius 1 is 1.47 bits per heavy atom. The van der Waals surface area contributed by atoms with E-state index in [1.807, 2.05) is 6.07 Å². The van der Waals surface area contributed by atoms with Crippen LogP contribution in [0.3, 0.4) is 0 Å². The predicted molar refractivity (Wildman–Crippen MR) is 67.3 cm³/mol. The third-order valence-corrected chi connectivity index (χ3v) is 3.33. The second-order valence-electron chi connectivity index (χ2n) is 4.11. The molecule has 0 bridgehead atoms. The van der Waals surface area contributed by atoms with Crippen molar-refractivity contribution in [3.63, 3.8) is 0 Å². The van der Waals surface area contributed by atoms with Gasteiger partial charge in [-0.25, -0.2) is 0 Å². The minimum atomic E-state index is 0.278. The number of hydrogen-bond donors (Lipinski definition) is 1. The normalized spacial score (nSPS) is 13.4. The Morgan fingerprint density at radius 3 is 2.73 bits per heavy atom. The highest BCUT2D eigenvalue weighted by Crippen LogP contribution is 2.19. The van der Waals surface area contributed by atoms with Crippen molar-refractivity contribution in [3.05, 3.63) is 23.1 Å². The molecule has 0 spiro atoms. The topological polar surface area (TPSA) is 39.2 Å². The van der Waals surface area contributed by atoms with Crippen LogP contribution in [0, 0.1) is 5.92 Å². The molecule has 1 rings (SSSR count). The predicted octanol–water partition coefficient (Wildman–Crippen LogP) is 3.54. The quantitative estimate of drug-likeness (QED) is 0.836. The Kier molecular flexibility index (Phi) is 5.58. The molecule has 0 saturated carbocycles. The van der Waals surface area contributed by atoms with Crippen LogP contribution < -0.4 is 5.73 Å². The number of halogens is 1. The fraction of sp³-hybridized carbons (Fsp3) is 0.636. The first-order chi connectivity index (χ1) is 7.08. The molecule has 1 heterocycles. The molecule has 0 unspecified atom stereocenters. The second-order valence-corrected chi connectivity index (χ2v) is 5.51. The van der Waals surface area contributed by atoms with Crippen molar-refractivity contribution < 1.29 is 4.42 Å². The van der Waals surface area contributed by atoms with Crippen LogP contribution in [0.15, 0.2) is 16.5 Å². The van der Waals surface area contributed by atoms with E-state index in [0.29, 0.717) is 11.1 Å². The first-order valence-electron chi connectivity index (χ1n) is 5.15. The van der Waals surface area contributed by atoms with Crippen LogP contribution in [0.25, 0.3) is 0 Å². The third kappa shape index (κ3) is 5.50. The maximum Gasteiger partial charge on any atom is 0.193 e. The van der Waals surface area contributed by atoms with E-state index < -0.39 is 0 Å². The zero-order chi connectivity index (χ0) is 11.3. The summed E-state index contributed by atoms with van der Waals surface area (Å²) in [5.74, 6) is 3.40. The molecule has 2 N–H and O–H groups in total. The maximum absolute atomic E-state index is 5.97. The lowest BCUT2D eigenvalue weighted by Crippen LogP contribution is -2.24. The Bertz CT molecular complexity index is 288. The van der Waals surface area contributed by atoms with Gasteiger partial charge >= 0.3 is 0 Å². The van der Waals surface area contributed by atoms with Crippen LogP contribution in [0.5, 0.6) is 0 Å². The molecule has 1 atom stereocenters. The first kappa shape index (κ1) is 12.9. The van der Waals surface area contributed by atoms with Gasteiger partial charge in [-0.1, -0.05) is 13.8 Å². The summed E-state index contributed by atoms with van der Waals surface area (Å²) < 4.78 is 5.25. The van der Waals surface area contributed by atoms with E-state index in [0.717, 1.165) is 23.7 Å². The first-order valence-corrected chi connectivity index (χ1v) is 6.68. The molecule has 0 aliphatic carbocycles. The molecule has 0 aliphatic rings. The zero-order valence-electron chi connectivity index (χ0n) is 9.20. The van der Waals surface area contributed by atoms with Gasteiger partial charge in [0.1, 0.15) is 5.76 Å². The van der Waals surface area contributed by atoms with Crippen molar-refractivity contribution in [1.29, 1.82) is 0 Å². The summed E-state index contributed by atoms with van der Waals surface area (Å²) in [7, 11) is 0. The average molecular weight is 248 g/mol. The standard InChI is InChI=1S/C11H18ClNOS/c1-8(2)5-9(13)6-15-7-10-3-4-11(12)14-10/h3-4,8-9H,5-7,13H2,1-2H3/t9-/m0/s1. The summed E-state index contributed by atoms with van der Waals surface area (Å²) in [6.45, 7) is 4.38. The van der Waals surface area contributed by atoms with Crippen LogP contribution in [0.1, 0.15) is 26.0 Å². The van der Waals surface area contributed by atoms with Crippen LogP contribution in [-0.4, -0.2) is 11.8 Å². The van der Waals surface area contributed by atoms with E-state index in [-0.39, 0.29) is 6.04 Å². The minimum absolute atomic E-state index is 0.278. The van der Waals surface area contributed by atoms with E-state index in [9.17, 15) is 0 Å². The van der Waals surface area contributed by atoms with Crippen molar-refractivity contribution in [2.75, 3.05) is 5.75 Å². The molecule has 0 saturated heterocycles. The van der Waals surface area contributed by atoms with Gasteiger partial charge in [-0.3, -0.25) is 0 Å². The van der Waals surface area contributed by atoms with Crippen LogP contribution >= 0.6 is 23.4 Å². The molecule has 0 fully saturated rings. The van der Waals surface area contributed by atoms with Gasteiger partial charge in [0.25, 0.3) is 0 Å². The van der Waals surface area contributed by atoms with Crippen molar-refractivity contribution in [3.8, 4) is 0 Å². The van der Waals surface area contributed by atoms with Gasteiger partial charge in [-0.15, -0.1) is 0 Å². The van der Waals surface area contributed by atoms with Gasteiger partial charge in [0.05, 0.1) is 5.75 Å². The lowest BCUT2D eigenvalue weighted by molar-refractivity contribution is 0.522. The number of nitrogens with two attached hydrogens (primary N) is 1. The van der Waals surface area contributed by atoms with Crippen LogP contribution in [-0.2, 0) is 5.75 Å².